The van der Waals surface area contributed by atoms with Crippen molar-refractivity contribution >= 4 is 46.5 Å². The number of amides is 1. The molecule has 6 nitrogen and oxygen atoms in total. The van der Waals surface area contributed by atoms with Crippen LogP contribution >= 0.6 is 34.9 Å². The van der Waals surface area contributed by atoms with Gasteiger partial charge in [-0.2, -0.15) is 0 Å². The topological polar surface area (TPSA) is 80.0 Å². The lowest BCUT2D eigenvalue weighted by Crippen LogP contribution is -2.36. The van der Waals surface area contributed by atoms with Crippen molar-refractivity contribution in [2.75, 3.05) is 5.75 Å². The molecule has 0 unspecified atom stereocenters. The summed E-state index contributed by atoms with van der Waals surface area (Å²) in [5.74, 6) is 1.47. The molecule has 2 aromatic heterocycles. The van der Waals surface area contributed by atoms with Crippen LogP contribution in [0.4, 0.5) is 0 Å². The molecular formula is C17H16N4O2S3. The molecule has 0 aliphatic heterocycles. The molecule has 0 radical (unpaired) electrons. The van der Waals surface area contributed by atoms with E-state index in [1.54, 1.807) is 30.2 Å². The van der Waals surface area contributed by atoms with Crippen LogP contribution in [0.1, 0.15) is 11.3 Å². The van der Waals surface area contributed by atoms with Crippen molar-refractivity contribution in [1.82, 2.24) is 21.0 Å². The number of hydrogen-bond acceptors (Lipinski definition) is 8. The number of thioether (sulfide) groups is 2. The molecule has 134 valence electrons. The van der Waals surface area contributed by atoms with Crippen molar-refractivity contribution in [3.63, 3.8) is 0 Å². The van der Waals surface area contributed by atoms with Crippen molar-refractivity contribution < 1.29 is 9.21 Å². The molecule has 3 aromatic rings. The molecule has 3 rings (SSSR count). The summed E-state index contributed by atoms with van der Waals surface area (Å²) >= 11 is 4.47. The van der Waals surface area contributed by atoms with Gasteiger partial charge in [0.1, 0.15) is 0 Å². The van der Waals surface area contributed by atoms with Gasteiger partial charge < -0.3 is 4.42 Å². The van der Waals surface area contributed by atoms with E-state index in [1.165, 1.54) is 28.7 Å². The highest BCUT2D eigenvalue weighted by Crippen LogP contribution is 2.30. The second kappa shape index (κ2) is 9.46. The van der Waals surface area contributed by atoms with Crippen LogP contribution in [0.25, 0.3) is 5.70 Å². The third kappa shape index (κ3) is 5.65. The average Bonchev–Trinajstić information content (AvgIpc) is 3.35. The number of nitrogens with one attached hydrogen (secondary N) is 2. The molecule has 1 amide bonds. The van der Waals surface area contributed by atoms with Crippen LogP contribution in [-0.4, -0.2) is 21.9 Å². The highest BCUT2D eigenvalue weighted by atomic mass is 32.2. The second-order valence-corrected chi connectivity index (χ2v) is 8.45. The fourth-order valence-corrected chi connectivity index (χ4v) is 4.63. The van der Waals surface area contributed by atoms with E-state index in [2.05, 4.69) is 39.8 Å². The maximum absolute atomic E-state index is 11.9. The summed E-state index contributed by atoms with van der Waals surface area (Å²) < 4.78 is 6.83. The fraction of sp³-hybridized carbons (Fsp3) is 0.118. The Bertz CT molecular complexity index is 850. The van der Waals surface area contributed by atoms with Gasteiger partial charge in [0.2, 0.25) is 5.91 Å². The zero-order valence-corrected chi connectivity index (χ0v) is 16.1. The first kappa shape index (κ1) is 18.6. The minimum atomic E-state index is -0.184. The predicted molar refractivity (Wildman–Crippen MR) is 106 cm³/mol. The maximum atomic E-state index is 11.9. The van der Waals surface area contributed by atoms with Gasteiger partial charge in [0.25, 0.3) is 0 Å². The van der Waals surface area contributed by atoms with Crippen LogP contribution in [0.3, 0.4) is 0 Å². The van der Waals surface area contributed by atoms with E-state index in [9.17, 15) is 4.79 Å². The molecular weight excluding hydrogens is 388 g/mol. The number of furan rings is 1. The summed E-state index contributed by atoms with van der Waals surface area (Å²) in [5.41, 5.74) is 7.03. The van der Waals surface area contributed by atoms with E-state index in [4.69, 9.17) is 4.42 Å². The van der Waals surface area contributed by atoms with E-state index < -0.39 is 0 Å². The van der Waals surface area contributed by atoms with Crippen LogP contribution in [0.5, 0.6) is 0 Å². The molecule has 26 heavy (non-hydrogen) atoms. The van der Waals surface area contributed by atoms with E-state index >= 15 is 0 Å². The second-order valence-electron chi connectivity index (χ2n) is 5.03. The Morgan fingerprint density at radius 3 is 2.58 bits per heavy atom. The SMILES string of the molecule is C=C(NNC(=O)CSc1nnc(SCc2ccccc2)s1)c1ccco1. The molecule has 9 heteroatoms. The molecule has 0 atom stereocenters. The van der Waals surface area contributed by atoms with Gasteiger partial charge in [-0.1, -0.05) is 71.8 Å². The largest absolute Gasteiger partial charge is 0.463 e. The third-order valence-electron chi connectivity index (χ3n) is 3.09. The lowest BCUT2D eigenvalue weighted by atomic mass is 10.2. The minimum absolute atomic E-state index is 0.184. The van der Waals surface area contributed by atoms with Gasteiger partial charge >= 0.3 is 0 Å². The number of carbonyl (C=O) groups excluding carboxylic acids is 1. The summed E-state index contributed by atoms with van der Waals surface area (Å²) in [6.07, 6.45) is 1.54. The first-order valence-electron chi connectivity index (χ1n) is 7.61. The molecule has 1 aromatic carbocycles. The Hall–Kier alpha value is -2.23. The Balaban J connectivity index is 1.38. The molecule has 0 saturated carbocycles. The first-order chi connectivity index (χ1) is 12.7. The zero-order valence-electron chi connectivity index (χ0n) is 13.7. The van der Waals surface area contributed by atoms with Crippen molar-refractivity contribution in [2.45, 2.75) is 14.4 Å². The number of hydrogen-bond donors (Lipinski definition) is 2. The summed E-state index contributed by atoms with van der Waals surface area (Å²) in [6, 6.07) is 13.7. The van der Waals surface area contributed by atoms with Crippen LogP contribution in [0.2, 0.25) is 0 Å². The van der Waals surface area contributed by atoms with Crippen LogP contribution < -0.4 is 10.9 Å². The standard InChI is InChI=1S/C17H16N4O2S3/c1-12(14-8-5-9-23-14)18-19-15(22)11-25-17-21-20-16(26-17)24-10-13-6-3-2-4-7-13/h2-9,18H,1,10-11H2,(H,19,22). The number of aromatic nitrogens is 2. The number of nitrogens with zero attached hydrogens (tertiary/aromatic N) is 2. The molecule has 2 N–H and O–H groups in total. The summed E-state index contributed by atoms with van der Waals surface area (Å²) in [5, 5.41) is 8.27. The molecule has 0 aliphatic rings. The van der Waals surface area contributed by atoms with Crippen molar-refractivity contribution in [3.8, 4) is 0 Å². The number of carbonyl (C=O) groups is 1. The van der Waals surface area contributed by atoms with Crippen molar-refractivity contribution in [2.24, 2.45) is 0 Å². The molecule has 0 spiro atoms. The normalized spacial score (nSPS) is 10.5. The van der Waals surface area contributed by atoms with E-state index in [1.807, 2.05) is 18.2 Å². The van der Waals surface area contributed by atoms with Crippen molar-refractivity contribution in [1.29, 1.82) is 0 Å². The van der Waals surface area contributed by atoms with Crippen LogP contribution in [-0.2, 0) is 10.5 Å². The highest BCUT2D eigenvalue weighted by Gasteiger charge is 2.09. The van der Waals surface area contributed by atoms with Gasteiger partial charge in [0.05, 0.1) is 17.7 Å². The van der Waals surface area contributed by atoms with Gasteiger partial charge in [-0.05, 0) is 17.7 Å². The highest BCUT2D eigenvalue weighted by molar-refractivity contribution is 8.03. The summed E-state index contributed by atoms with van der Waals surface area (Å²) in [4.78, 5) is 11.9. The average molecular weight is 405 g/mol. The van der Waals surface area contributed by atoms with Crippen LogP contribution in [0.15, 0.2) is 68.4 Å². The molecule has 0 bridgehead atoms. The minimum Gasteiger partial charge on any atom is -0.463 e. The summed E-state index contributed by atoms with van der Waals surface area (Å²) in [6.45, 7) is 3.79. The third-order valence-corrected chi connectivity index (χ3v) is 6.35. The van der Waals surface area contributed by atoms with Gasteiger partial charge in [-0.15, -0.1) is 10.2 Å². The molecule has 0 fully saturated rings. The quantitative estimate of drug-likeness (QED) is 0.415. The lowest BCUT2D eigenvalue weighted by Gasteiger charge is -2.08. The Labute approximate surface area is 163 Å². The lowest BCUT2D eigenvalue weighted by molar-refractivity contribution is -0.119. The molecule has 0 saturated heterocycles. The molecule has 2 heterocycles. The number of hydrazine groups is 1. The smallest absolute Gasteiger partial charge is 0.248 e. The van der Waals surface area contributed by atoms with Gasteiger partial charge in [0, 0.05) is 5.75 Å². The van der Waals surface area contributed by atoms with Gasteiger partial charge in [0.15, 0.2) is 14.4 Å². The molecule has 0 aliphatic carbocycles. The Morgan fingerprint density at radius 1 is 1.08 bits per heavy atom. The Morgan fingerprint density at radius 2 is 1.85 bits per heavy atom. The number of rotatable bonds is 9. The van der Waals surface area contributed by atoms with Crippen LogP contribution in [0, 0.1) is 0 Å². The Kier molecular flexibility index (Phi) is 6.75. The van der Waals surface area contributed by atoms with Crippen molar-refractivity contribution in [3.05, 3.63) is 66.6 Å². The fourth-order valence-electron chi connectivity index (χ4n) is 1.85. The first-order valence-corrected chi connectivity index (χ1v) is 10.4. The monoisotopic (exact) mass is 404 g/mol. The predicted octanol–water partition coefficient (Wildman–Crippen LogP) is 3.81. The summed E-state index contributed by atoms with van der Waals surface area (Å²) in [7, 11) is 0. The van der Waals surface area contributed by atoms with Gasteiger partial charge in [-0.25, -0.2) is 0 Å². The van der Waals surface area contributed by atoms with E-state index in [0.717, 1.165) is 14.4 Å². The van der Waals surface area contributed by atoms with E-state index in [-0.39, 0.29) is 11.7 Å². The number of benzene rings is 1. The van der Waals surface area contributed by atoms with Gasteiger partial charge in [-0.3, -0.25) is 15.6 Å². The zero-order chi connectivity index (χ0) is 18.2. The van der Waals surface area contributed by atoms with E-state index in [0.29, 0.717) is 11.5 Å². The maximum Gasteiger partial charge on any atom is 0.248 e.